The van der Waals surface area contributed by atoms with Crippen molar-refractivity contribution in [1.82, 2.24) is 19.5 Å². The van der Waals surface area contributed by atoms with Crippen LogP contribution in [0, 0.1) is 0 Å². The number of hydrogen-bond donors (Lipinski definition) is 5. The maximum absolute atomic E-state index is 12.0. The van der Waals surface area contributed by atoms with E-state index >= 15 is 0 Å². The predicted octanol–water partition coefficient (Wildman–Crippen LogP) is -1.83. The first-order chi connectivity index (χ1) is 10.8. The summed E-state index contributed by atoms with van der Waals surface area (Å²) in [4.78, 5) is 50.0. The molecule has 13 heteroatoms. The van der Waals surface area contributed by atoms with Gasteiger partial charge >= 0.3 is 13.5 Å². The number of aliphatic hydroxyl groups excluding tert-OH is 1. The Bertz CT molecular complexity index is 881. The van der Waals surface area contributed by atoms with Crippen molar-refractivity contribution in [2.75, 3.05) is 6.61 Å². The number of imidazole rings is 1. The minimum atomic E-state index is -4.79. The first-order valence-corrected chi connectivity index (χ1v) is 8.01. The molecule has 23 heavy (non-hydrogen) atoms. The fraction of sp³-hybridized carbons (Fsp3) is 0.500. The Hall–Kier alpha value is -1.82. The molecule has 0 unspecified atom stereocenters. The number of aromatic nitrogens is 4. The summed E-state index contributed by atoms with van der Waals surface area (Å²) in [5, 5.41) is 9.25. The first-order valence-electron chi connectivity index (χ1n) is 6.48. The number of nitrogens with zero attached hydrogens (tertiary/aromatic N) is 2. The molecule has 0 radical (unpaired) electrons. The van der Waals surface area contributed by atoms with Gasteiger partial charge in [-0.05, 0) is 0 Å². The lowest BCUT2D eigenvalue weighted by Gasteiger charge is -2.16. The van der Waals surface area contributed by atoms with Crippen LogP contribution in [0.4, 0.5) is 0 Å². The van der Waals surface area contributed by atoms with Gasteiger partial charge in [0.05, 0.1) is 12.9 Å². The first kappa shape index (κ1) is 16.1. The van der Waals surface area contributed by atoms with E-state index in [4.69, 9.17) is 14.5 Å². The van der Waals surface area contributed by atoms with Gasteiger partial charge in [-0.1, -0.05) is 0 Å². The largest absolute Gasteiger partial charge is 0.469 e. The van der Waals surface area contributed by atoms with E-state index in [1.807, 2.05) is 0 Å². The molecule has 0 amide bonds. The third-order valence-corrected chi connectivity index (χ3v) is 3.98. The van der Waals surface area contributed by atoms with Crippen LogP contribution in [0.15, 0.2) is 15.9 Å². The van der Waals surface area contributed by atoms with Crippen LogP contribution in [0.25, 0.3) is 11.2 Å². The summed E-state index contributed by atoms with van der Waals surface area (Å²) < 4.78 is 22.0. The van der Waals surface area contributed by atoms with E-state index in [2.05, 4.69) is 19.5 Å². The maximum atomic E-state index is 12.0. The molecule has 0 saturated carbocycles. The van der Waals surface area contributed by atoms with Crippen molar-refractivity contribution in [1.29, 1.82) is 0 Å². The topological polar surface area (TPSA) is 180 Å². The van der Waals surface area contributed by atoms with Gasteiger partial charge in [-0.15, -0.1) is 0 Å². The molecular weight excluding hydrogens is 335 g/mol. The standard InChI is InChI=1S/C10H13N4O8P/c15-2-5-4(22-23(18,19)20)1-6(21-5)14-8-7(13-10(14)17)9(16)12-3-11-8/h3-6,15H,1-2H2,(H,13,17)(H,11,12,16)(H2,18,19,20)/t4-,5+,6+/m0/s1. The van der Waals surface area contributed by atoms with Crippen molar-refractivity contribution in [3.8, 4) is 0 Å². The van der Waals surface area contributed by atoms with Gasteiger partial charge in [0.25, 0.3) is 5.56 Å². The molecule has 3 rings (SSSR count). The van der Waals surface area contributed by atoms with E-state index in [9.17, 15) is 19.3 Å². The summed E-state index contributed by atoms with van der Waals surface area (Å²) in [6.07, 6.45) is -2.16. The fourth-order valence-electron chi connectivity index (χ4n) is 2.53. The van der Waals surface area contributed by atoms with Crippen LogP contribution in [-0.2, 0) is 13.8 Å². The summed E-state index contributed by atoms with van der Waals surface area (Å²) in [7, 11) is -4.79. The highest BCUT2D eigenvalue weighted by atomic mass is 31.2. The highest BCUT2D eigenvalue weighted by Crippen LogP contribution is 2.43. The molecule has 0 spiro atoms. The average Bonchev–Trinajstić information content (AvgIpc) is 2.98. The Morgan fingerprint density at radius 3 is 2.87 bits per heavy atom. The van der Waals surface area contributed by atoms with E-state index < -0.39 is 44.1 Å². The van der Waals surface area contributed by atoms with E-state index in [0.29, 0.717) is 0 Å². The van der Waals surface area contributed by atoms with Crippen LogP contribution < -0.4 is 11.2 Å². The van der Waals surface area contributed by atoms with Crippen molar-refractivity contribution >= 4 is 19.0 Å². The average molecular weight is 348 g/mol. The minimum Gasteiger partial charge on any atom is -0.394 e. The molecule has 1 saturated heterocycles. The Morgan fingerprint density at radius 1 is 1.48 bits per heavy atom. The second-order valence-electron chi connectivity index (χ2n) is 4.91. The SMILES string of the molecule is O=c1[nH]cnc2c1[nH]c(=O)n2[C@H]1C[C@H](OP(=O)(O)O)[C@@H](CO)O1. The van der Waals surface area contributed by atoms with Gasteiger partial charge in [0.15, 0.2) is 11.2 Å². The lowest BCUT2D eigenvalue weighted by atomic mass is 10.2. The van der Waals surface area contributed by atoms with Crippen LogP contribution >= 0.6 is 7.82 Å². The zero-order valence-corrected chi connectivity index (χ0v) is 12.3. The van der Waals surface area contributed by atoms with Crippen molar-refractivity contribution in [3.05, 3.63) is 27.2 Å². The molecule has 0 bridgehead atoms. The van der Waals surface area contributed by atoms with E-state index in [-0.39, 0.29) is 17.6 Å². The van der Waals surface area contributed by atoms with Gasteiger partial charge < -0.3 is 24.6 Å². The van der Waals surface area contributed by atoms with Crippen molar-refractivity contribution in [2.24, 2.45) is 0 Å². The Balaban J connectivity index is 1.99. The molecule has 1 aliphatic heterocycles. The van der Waals surface area contributed by atoms with Gasteiger partial charge in [-0.3, -0.25) is 14.3 Å². The number of phosphoric acid groups is 1. The Labute approximate surface area is 126 Å². The quantitative estimate of drug-likeness (QED) is 0.397. The number of H-pyrrole nitrogens is 2. The zero-order valence-electron chi connectivity index (χ0n) is 11.4. The summed E-state index contributed by atoms with van der Waals surface area (Å²) in [5.74, 6) is 0. The number of phosphoric ester groups is 1. The molecular formula is C10H13N4O8P. The van der Waals surface area contributed by atoms with E-state index in [1.165, 1.54) is 0 Å². The molecule has 0 aromatic carbocycles. The molecule has 3 atom stereocenters. The number of aliphatic hydroxyl groups is 1. The second-order valence-corrected chi connectivity index (χ2v) is 6.10. The minimum absolute atomic E-state index is 0.0252. The van der Waals surface area contributed by atoms with Crippen LogP contribution in [0.1, 0.15) is 12.6 Å². The molecule has 3 heterocycles. The normalized spacial score (nSPS) is 25.3. The number of rotatable bonds is 4. The lowest BCUT2D eigenvalue weighted by molar-refractivity contribution is -0.0435. The van der Waals surface area contributed by atoms with Gasteiger partial charge in [-0.25, -0.2) is 18.9 Å². The molecule has 0 aliphatic carbocycles. The number of fused-ring (bicyclic) bond motifs is 1. The number of ether oxygens (including phenoxy) is 1. The Morgan fingerprint density at radius 2 is 2.22 bits per heavy atom. The fourth-order valence-corrected chi connectivity index (χ4v) is 3.10. The van der Waals surface area contributed by atoms with Gasteiger partial charge in [-0.2, -0.15) is 0 Å². The van der Waals surface area contributed by atoms with Crippen molar-refractivity contribution in [3.63, 3.8) is 0 Å². The monoisotopic (exact) mass is 348 g/mol. The molecule has 1 fully saturated rings. The summed E-state index contributed by atoms with van der Waals surface area (Å²) in [6.45, 7) is -0.563. The number of aromatic amines is 2. The third kappa shape index (κ3) is 3.00. The predicted molar refractivity (Wildman–Crippen MR) is 73.5 cm³/mol. The summed E-state index contributed by atoms with van der Waals surface area (Å²) in [6, 6.07) is 0. The van der Waals surface area contributed by atoms with E-state index in [0.717, 1.165) is 10.9 Å². The lowest BCUT2D eigenvalue weighted by Crippen LogP contribution is -2.27. The molecule has 12 nitrogen and oxygen atoms in total. The van der Waals surface area contributed by atoms with Crippen LogP contribution in [0.3, 0.4) is 0 Å². The molecule has 126 valence electrons. The van der Waals surface area contributed by atoms with E-state index in [1.54, 1.807) is 0 Å². The maximum Gasteiger partial charge on any atom is 0.469 e. The van der Waals surface area contributed by atoms with Gasteiger partial charge in [0.2, 0.25) is 0 Å². The second kappa shape index (κ2) is 5.67. The molecule has 5 N–H and O–H groups in total. The number of hydrogen-bond acceptors (Lipinski definition) is 7. The summed E-state index contributed by atoms with van der Waals surface area (Å²) >= 11 is 0. The molecule has 1 aliphatic rings. The van der Waals surface area contributed by atoms with Crippen molar-refractivity contribution in [2.45, 2.75) is 24.9 Å². The van der Waals surface area contributed by atoms with Gasteiger partial charge in [0, 0.05) is 6.42 Å². The van der Waals surface area contributed by atoms with Crippen LogP contribution in [0.5, 0.6) is 0 Å². The number of nitrogens with one attached hydrogen (secondary N) is 2. The Kier molecular flexibility index (Phi) is 3.96. The van der Waals surface area contributed by atoms with Crippen LogP contribution in [0.2, 0.25) is 0 Å². The molecule has 2 aromatic heterocycles. The van der Waals surface area contributed by atoms with Gasteiger partial charge in [0.1, 0.15) is 18.4 Å². The summed E-state index contributed by atoms with van der Waals surface area (Å²) in [5.41, 5.74) is -1.26. The van der Waals surface area contributed by atoms with Crippen LogP contribution in [-0.4, -0.2) is 53.2 Å². The zero-order chi connectivity index (χ0) is 16.8. The third-order valence-electron chi connectivity index (χ3n) is 3.43. The van der Waals surface area contributed by atoms with Crippen molar-refractivity contribution < 1.29 is 28.7 Å². The smallest absolute Gasteiger partial charge is 0.394 e. The highest BCUT2D eigenvalue weighted by molar-refractivity contribution is 7.46. The molecule has 2 aromatic rings. The highest BCUT2D eigenvalue weighted by Gasteiger charge is 2.41.